The monoisotopic (exact) mass is 154 g/mol. The second kappa shape index (κ2) is 4.03. The van der Waals surface area contributed by atoms with Gasteiger partial charge in [0.2, 0.25) is 0 Å². The van der Waals surface area contributed by atoms with Crippen LogP contribution in [0.15, 0.2) is 18.3 Å². The van der Waals surface area contributed by atoms with Crippen LogP contribution in [0.25, 0.3) is 0 Å². The van der Waals surface area contributed by atoms with E-state index in [2.05, 4.69) is 10.3 Å². The van der Waals surface area contributed by atoms with E-state index in [0.29, 0.717) is 0 Å². The summed E-state index contributed by atoms with van der Waals surface area (Å²) in [6.45, 7) is 0.830. The third-order valence-electron chi connectivity index (χ3n) is 1.41. The second-order valence-electron chi connectivity index (χ2n) is 2.32. The van der Waals surface area contributed by atoms with Gasteiger partial charge in [0.1, 0.15) is 5.82 Å². The number of rotatable bonds is 3. The van der Waals surface area contributed by atoms with Gasteiger partial charge in [-0.2, -0.15) is 0 Å². The molecule has 1 aromatic heterocycles. The van der Waals surface area contributed by atoms with Crippen LogP contribution < -0.4 is 5.32 Å². The van der Waals surface area contributed by atoms with Crippen molar-refractivity contribution in [3.8, 4) is 0 Å². The summed E-state index contributed by atoms with van der Waals surface area (Å²) in [6, 6.07) is 2.81. The molecule has 1 rings (SSSR count). The number of nitrogens with one attached hydrogen (secondary N) is 1. The first-order chi connectivity index (χ1) is 5.33. The molecule has 0 radical (unpaired) electrons. The zero-order chi connectivity index (χ0) is 8.10. The van der Waals surface area contributed by atoms with Gasteiger partial charge in [-0.25, -0.2) is 4.39 Å². The molecule has 0 aromatic carbocycles. The van der Waals surface area contributed by atoms with Gasteiger partial charge in [0.05, 0.1) is 0 Å². The molecular formula is C8H11FN2. The number of pyridine rings is 1. The Kier molecular flexibility index (Phi) is 2.98. The van der Waals surface area contributed by atoms with Gasteiger partial charge in [-0.1, -0.05) is 0 Å². The second-order valence-corrected chi connectivity index (χ2v) is 2.32. The molecule has 60 valence electrons. The average molecular weight is 154 g/mol. The first-order valence-corrected chi connectivity index (χ1v) is 3.58. The predicted molar refractivity (Wildman–Crippen MR) is 41.8 cm³/mol. The highest BCUT2D eigenvalue weighted by atomic mass is 19.1. The summed E-state index contributed by atoms with van der Waals surface area (Å²) in [6.07, 6.45) is 2.26. The lowest BCUT2D eigenvalue weighted by atomic mass is 10.3. The summed E-state index contributed by atoms with van der Waals surface area (Å²) in [5, 5.41) is 2.97. The quantitative estimate of drug-likeness (QED) is 0.702. The highest BCUT2D eigenvalue weighted by Gasteiger charge is 1.94. The summed E-state index contributed by atoms with van der Waals surface area (Å²) >= 11 is 0. The Bertz CT molecular complexity index is 225. The fourth-order valence-corrected chi connectivity index (χ4v) is 0.839. The molecule has 0 bridgehead atoms. The van der Waals surface area contributed by atoms with Gasteiger partial charge in [-0.15, -0.1) is 0 Å². The maximum Gasteiger partial charge on any atom is 0.126 e. The molecule has 0 saturated heterocycles. The van der Waals surface area contributed by atoms with Crippen LogP contribution in [0.5, 0.6) is 0 Å². The van der Waals surface area contributed by atoms with Crippen LogP contribution in [-0.4, -0.2) is 18.6 Å². The van der Waals surface area contributed by atoms with Gasteiger partial charge in [0.15, 0.2) is 0 Å². The van der Waals surface area contributed by atoms with E-state index in [1.54, 1.807) is 0 Å². The van der Waals surface area contributed by atoms with Crippen LogP contribution in [0.2, 0.25) is 0 Å². The molecular weight excluding hydrogens is 143 g/mol. The molecule has 0 unspecified atom stereocenters. The number of nitrogens with zero attached hydrogens (tertiary/aromatic N) is 1. The maximum atomic E-state index is 12.5. The lowest BCUT2D eigenvalue weighted by molar-refractivity contribution is 0.620. The molecule has 0 saturated carbocycles. The highest BCUT2D eigenvalue weighted by molar-refractivity contribution is 5.06. The molecule has 11 heavy (non-hydrogen) atoms. The number of aromatic nitrogens is 1. The van der Waals surface area contributed by atoms with Crippen molar-refractivity contribution in [2.75, 3.05) is 13.6 Å². The molecule has 0 spiro atoms. The maximum absolute atomic E-state index is 12.5. The topological polar surface area (TPSA) is 24.9 Å². The third-order valence-corrected chi connectivity index (χ3v) is 1.41. The Morgan fingerprint density at radius 1 is 1.64 bits per heavy atom. The van der Waals surface area contributed by atoms with Crippen LogP contribution in [0.3, 0.4) is 0 Å². The highest BCUT2D eigenvalue weighted by Crippen LogP contribution is 1.98. The van der Waals surface area contributed by atoms with Gasteiger partial charge >= 0.3 is 0 Å². The van der Waals surface area contributed by atoms with Crippen molar-refractivity contribution in [2.45, 2.75) is 6.42 Å². The summed E-state index contributed by atoms with van der Waals surface area (Å²) in [5.41, 5.74) is 0.791. The van der Waals surface area contributed by atoms with Crippen molar-refractivity contribution in [2.24, 2.45) is 0 Å². The summed E-state index contributed by atoms with van der Waals surface area (Å²) in [7, 11) is 1.86. The first-order valence-electron chi connectivity index (χ1n) is 3.58. The number of likely N-dealkylation sites (N-methyl/N-ethyl adjacent to an activating group) is 1. The van der Waals surface area contributed by atoms with Crippen LogP contribution in [0.4, 0.5) is 4.39 Å². The normalized spacial score (nSPS) is 10.0. The van der Waals surface area contributed by atoms with Gasteiger partial charge in [0.25, 0.3) is 0 Å². The van der Waals surface area contributed by atoms with E-state index in [9.17, 15) is 4.39 Å². The molecule has 0 fully saturated rings. The molecule has 1 N–H and O–H groups in total. The Labute approximate surface area is 65.5 Å². The minimum atomic E-state index is -0.217. The fourth-order valence-electron chi connectivity index (χ4n) is 0.839. The number of halogens is 1. The Balaban J connectivity index is 2.56. The van der Waals surface area contributed by atoms with Gasteiger partial charge < -0.3 is 5.32 Å². The molecule has 1 aromatic rings. The molecule has 3 heteroatoms. The van der Waals surface area contributed by atoms with Gasteiger partial charge in [-0.3, -0.25) is 4.98 Å². The van der Waals surface area contributed by atoms with E-state index in [1.165, 1.54) is 18.3 Å². The third kappa shape index (κ3) is 2.63. The van der Waals surface area contributed by atoms with Crippen molar-refractivity contribution in [3.05, 3.63) is 29.8 Å². The SMILES string of the molecule is CNCCc1cc(F)ccn1. The van der Waals surface area contributed by atoms with Crippen LogP contribution >= 0.6 is 0 Å². The molecule has 2 nitrogen and oxygen atoms in total. The van der Waals surface area contributed by atoms with E-state index >= 15 is 0 Å². The van der Waals surface area contributed by atoms with Gasteiger partial charge in [-0.05, 0) is 19.2 Å². The standard InChI is InChI=1S/C8H11FN2/c1-10-4-3-8-6-7(9)2-5-11-8/h2,5-6,10H,3-4H2,1H3. The summed E-state index contributed by atoms with van der Waals surface area (Å²) in [4.78, 5) is 4.00. The average Bonchev–Trinajstić information content (AvgIpc) is 2.01. The lowest BCUT2D eigenvalue weighted by Gasteiger charge is -1.98. The minimum absolute atomic E-state index is 0.217. The van der Waals surface area contributed by atoms with E-state index in [-0.39, 0.29) is 5.82 Å². The molecule has 0 aliphatic heterocycles. The van der Waals surface area contributed by atoms with Crippen molar-refractivity contribution < 1.29 is 4.39 Å². The number of hydrogen-bond donors (Lipinski definition) is 1. The molecule has 0 aliphatic rings. The zero-order valence-electron chi connectivity index (χ0n) is 6.47. The smallest absolute Gasteiger partial charge is 0.126 e. The minimum Gasteiger partial charge on any atom is -0.319 e. The van der Waals surface area contributed by atoms with E-state index < -0.39 is 0 Å². The van der Waals surface area contributed by atoms with E-state index in [4.69, 9.17) is 0 Å². The van der Waals surface area contributed by atoms with Crippen molar-refractivity contribution in [1.29, 1.82) is 0 Å². The van der Waals surface area contributed by atoms with Crippen LogP contribution in [-0.2, 0) is 6.42 Å². The largest absolute Gasteiger partial charge is 0.319 e. The van der Waals surface area contributed by atoms with Gasteiger partial charge in [0, 0.05) is 24.9 Å². The molecule has 0 amide bonds. The Morgan fingerprint density at radius 2 is 2.45 bits per heavy atom. The Hall–Kier alpha value is -0.960. The zero-order valence-corrected chi connectivity index (χ0v) is 6.47. The van der Waals surface area contributed by atoms with E-state index in [0.717, 1.165) is 18.7 Å². The van der Waals surface area contributed by atoms with Crippen molar-refractivity contribution >= 4 is 0 Å². The summed E-state index contributed by atoms with van der Waals surface area (Å²) in [5.74, 6) is -0.217. The first kappa shape index (κ1) is 8.14. The summed E-state index contributed by atoms with van der Waals surface area (Å²) < 4.78 is 12.5. The molecule has 0 atom stereocenters. The number of hydrogen-bond acceptors (Lipinski definition) is 2. The van der Waals surface area contributed by atoms with Crippen molar-refractivity contribution in [1.82, 2.24) is 10.3 Å². The fraction of sp³-hybridized carbons (Fsp3) is 0.375. The lowest BCUT2D eigenvalue weighted by Crippen LogP contribution is -2.11. The van der Waals surface area contributed by atoms with Crippen LogP contribution in [0.1, 0.15) is 5.69 Å². The Morgan fingerprint density at radius 3 is 3.09 bits per heavy atom. The molecule has 1 heterocycles. The molecule has 0 aliphatic carbocycles. The van der Waals surface area contributed by atoms with Crippen molar-refractivity contribution in [3.63, 3.8) is 0 Å². The van der Waals surface area contributed by atoms with E-state index in [1.807, 2.05) is 7.05 Å². The predicted octanol–water partition coefficient (Wildman–Crippen LogP) is 0.983. The van der Waals surface area contributed by atoms with Crippen LogP contribution in [0, 0.1) is 5.82 Å².